The maximum atomic E-state index is 12.1. The largest absolute Gasteiger partial charge is 0.484 e. The zero-order chi connectivity index (χ0) is 16.2. The van der Waals surface area contributed by atoms with Crippen LogP contribution in [0.1, 0.15) is 11.1 Å². The third kappa shape index (κ3) is 3.69. The number of rotatable bonds is 4. The molecule has 0 aliphatic rings. The number of anilines is 1. The minimum Gasteiger partial charge on any atom is -0.484 e. The Kier molecular flexibility index (Phi) is 4.29. The van der Waals surface area contributed by atoms with E-state index in [1.165, 1.54) is 0 Å². The van der Waals surface area contributed by atoms with Crippen molar-refractivity contribution >= 4 is 22.4 Å². The minimum atomic E-state index is -0.160. The number of aryl methyl sites for hydroxylation is 2. The van der Waals surface area contributed by atoms with E-state index in [9.17, 15) is 4.79 Å². The van der Waals surface area contributed by atoms with E-state index in [-0.39, 0.29) is 12.5 Å². The molecule has 0 aliphatic carbocycles. The van der Waals surface area contributed by atoms with Gasteiger partial charge >= 0.3 is 0 Å². The number of fused-ring (bicyclic) bond motifs is 1. The Balaban J connectivity index is 1.64. The molecular weight excluding hydrogens is 286 g/mol. The summed E-state index contributed by atoms with van der Waals surface area (Å²) in [6.45, 7) is 3.96. The first-order valence-corrected chi connectivity index (χ1v) is 7.60. The molecule has 0 aliphatic heterocycles. The predicted octanol–water partition coefficient (Wildman–Crippen LogP) is 4.47. The van der Waals surface area contributed by atoms with Crippen molar-refractivity contribution in [3.8, 4) is 5.75 Å². The second kappa shape index (κ2) is 6.53. The monoisotopic (exact) mass is 305 g/mol. The number of carbonyl (C=O) groups is 1. The summed E-state index contributed by atoms with van der Waals surface area (Å²) in [6.07, 6.45) is 0. The number of carbonyl (C=O) groups excluding carboxylic acids is 1. The quantitative estimate of drug-likeness (QED) is 0.772. The van der Waals surface area contributed by atoms with Crippen LogP contribution in [0.15, 0.2) is 60.7 Å². The number of nitrogens with one attached hydrogen (secondary N) is 1. The molecule has 0 aromatic heterocycles. The summed E-state index contributed by atoms with van der Waals surface area (Å²) in [7, 11) is 0. The molecule has 0 heterocycles. The highest BCUT2D eigenvalue weighted by molar-refractivity contribution is 5.92. The molecule has 0 radical (unpaired) electrons. The standard InChI is InChI=1S/C20H19NO2/c1-14-7-8-15(2)19(11-14)21-20(22)13-23-18-10-9-16-5-3-4-6-17(16)12-18/h3-12H,13H2,1-2H3,(H,21,22). The van der Waals surface area contributed by atoms with Crippen molar-refractivity contribution in [1.29, 1.82) is 0 Å². The van der Waals surface area contributed by atoms with Gasteiger partial charge < -0.3 is 10.1 Å². The number of benzene rings is 3. The lowest BCUT2D eigenvalue weighted by Crippen LogP contribution is -2.20. The average Bonchev–Trinajstić information content (AvgIpc) is 2.56. The number of ether oxygens (including phenoxy) is 1. The molecule has 1 amide bonds. The molecule has 3 nitrogen and oxygen atoms in total. The van der Waals surface area contributed by atoms with Crippen LogP contribution in [0.3, 0.4) is 0 Å². The van der Waals surface area contributed by atoms with Gasteiger partial charge in [-0.2, -0.15) is 0 Å². The summed E-state index contributed by atoms with van der Waals surface area (Å²) in [5.74, 6) is 0.534. The zero-order valence-electron chi connectivity index (χ0n) is 13.3. The predicted molar refractivity (Wildman–Crippen MR) is 94.0 cm³/mol. The topological polar surface area (TPSA) is 38.3 Å². The lowest BCUT2D eigenvalue weighted by molar-refractivity contribution is -0.118. The van der Waals surface area contributed by atoms with Gasteiger partial charge in [0.1, 0.15) is 5.75 Å². The van der Waals surface area contributed by atoms with E-state index in [2.05, 4.69) is 5.32 Å². The number of hydrogen-bond donors (Lipinski definition) is 1. The van der Waals surface area contributed by atoms with Crippen molar-refractivity contribution in [2.75, 3.05) is 11.9 Å². The molecule has 0 unspecified atom stereocenters. The molecule has 0 saturated heterocycles. The molecule has 116 valence electrons. The fraction of sp³-hybridized carbons (Fsp3) is 0.150. The van der Waals surface area contributed by atoms with Gasteiger partial charge in [-0.15, -0.1) is 0 Å². The van der Waals surface area contributed by atoms with Gasteiger partial charge in [-0.1, -0.05) is 42.5 Å². The Bertz CT molecular complexity index is 855. The maximum Gasteiger partial charge on any atom is 0.262 e. The van der Waals surface area contributed by atoms with Crippen LogP contribution in [0.4, 0.5) is 5.69 Å². The summed E-state index contributed by atoms with van der Waals surface area (Å²) in [5, 5.41) is 5.14. The van der Waals surface area contributed by atoms with Gasteiger partial charge in [0, 0.05) is 5.69 Å². The fourth-order valence-corrected chi connectivity index (χ4v) is 2.46. The van der Waals surface area contributed by atoms with Crippen LogP contribution in [-0.4, -0.2) is 12.5 Å². The van der Waals surface area contributed by atoms with Gasteiger partial charge in [-0.3, -0.25) is 4.79 Å². The third-order valence-electron chi connectivity index (χ3n) is 3.76. The molecule has 3 aromatic carbocycles. The summed E-state index contributed by atoms with van der Waals surface area (Å²) in [5.41, 5.74) is 2.98. The normalized spacial score (nSPS) is 10.5. The van der Waals surface area contributed by atoms with E-state index in [1.807, 2.05) is 74.5 Å². The van der Waals surface area contributed by atoms with Crippen LogP contribution < -0.4 is 10.1 Å². The smallest absolute Gasteiger partial charge is 0.262 e. The van der Waals surface area contributed by atoms with E-state index in [0.717, 1.165) is 27.6 Å². The van der Waals surface area contributed by atoms with E-state index in [1.54, 1.807) is 0 Å². The highest BCUT2D eigenvalue weighted by Gasteiger charge is 2.06. The Morgan fingerprint density at radius 1 is 0.957 bits per heavy atom. The Hall–Kier alpha value is -2.81. The Morgan fingerprint density at radius 2 is 1.74 bits per heavy atom. The van der Waals surface area contributed by atoms with Crippen LogP contribution in [0.5, 0.6) is 5.75 Å². The van der Waals surface area contributed by atoms with Crippen LogP contribution >= 0.6 is 0 Å². The summed E-state index contributed by atoms with van der Waals surface area (Å²) in [4.78, 5) is 12.1. The van der Waals surface area contributed by atoms with Crippen molar-refractivity contribution in [2.45, 2.75) is 13.8 Å². The van der Waals surface area contributed by atoms with Gasteiger partial charge in [0.2, 0.25) is 0 Å². The second-order valence-electron chi connectivity index (χ2n) is 5.66. The van der Waals surface area contributed by atoms with Crippen molar-refractivity contribution < 1.29 is 9.53 Å². The van der Waals surface area contributed by atoms with Crippen molar-refractivity contribution in [2.24, 2.45) is 0 Å². The van der Waals surface area contributed by atoms with Crippen LogP contribution in [0.25, 0.3) is 10.8 Å². The van der Waals surface area contributed by atoms with Gasteiger partial charge in [0.15, 0.2) is 6.61 Å². The second-order valence-corrected chi connectivity index (χ2v) is 5.66. The number of amides is 1. The highest BCUT2D eigenvalue weighted by atomic mass is 16.5. The van der Waals surface area contributed by atoms with Gasteiger partial charge in [-0.25, -0.2) is 0 Å². The van der Waals surface area contributed by atoms with E-state index in [0.29, 0.717) is 5.75 Å². The van der Waals surface area contributed by atoms with E-state index < -0.39 is 0 Å². The Labute approximate surface area is 135 Å². The highest BCUT2D eigenvalue weighted by Crippen LogP contribution is 2.21. The first-order chi connectivity index (χ1) is 11.1. The molecule has 23 heavy (non-hydrogen) atoms. The van der Waals surface area contributed by atoms with E-state index >= 15 is 0 Å². The summed E-state index contributed by atoms with van der Waals surface area (Å²) < 4.78 is 5.61. The zero-order valence-corrected chi connectivity index (χ0v) is 13.3. The average molecular weight is 305 g/mol. The van der Waals surface area contributed by atoms with Crippen LogP contribution in [0, 0.1) is 13.8 Å². The molecular formula is C20H19NO2. The summed E-state index contributed by atoms with van der Waals surface area (Å²) >= 11 is 0. The summed E-state index contributed by atoms with van der Waals surface area (Å²) in [6, 6.07) is 19.9. The molecule has 0 saturated carbocycles. The van der Waals surface area contributed by atoms with Crippen molar-refractivity contribution in [1.82, 2.24) is 0 Å². The molecule has 3 aromatic rings. The molecule has 0 spiro atoms. The van der Waals surface area contributed by atoms with Gasteiger partial charge in [0.05, 0.1) is 0 Å². The Morgan fingerprint density at radius 3 is 2.57 bits per heavy atom. The SMILES string of the molecule is Cc1ccc(C)c(NC(=O)COc2ccc3ccccc3c2)c1. The molecule has 3 heteroatoms. The third-order valence-corrected chi connectivity index (χ3v) is 3.76. The van der Waals surface area contributed by atoms with E-state index in [4.69, 9.17) is 4.74 Å². The molecule has 0 bridgehead atoms. The number of hydrogen-bond acceptors (Lipinski definition) is 2. The van der Waals surface area contributed by atoms with Crippen LogP contribution in [-0.2, 0) is 4.79 Å². The fourth-order valence-electron chi connectivity index (χ4n) is 2.46. The van der Waals surface area contributed by atoms with Crippen LogP contribution in [0.2, 0.25) is 0 Å². The maximum absolute atomic E-state index is 12.1. The lowest BCUT2D eigenvalue weighted by Gasteiger charge is -2.11. The first kappa shape index (κ1) is 15.1. The van der Waals surface area contributed by atoms with Crippen molar-refractivity contribution in [3.05, 3.63) is 71.8 Å². The molecule has 1 N–H and O–H groups in total. The molecule has 0 atom stereocenters. The van der Waals surface area contributed by atoms with Crippen molar-refractivity contribution in [3.63, 3.8) is 0 Å². The lowest BCUT2D eigenvalue weighted by atomic mass is 10.1. The minimum absolute atomic E-state index is 0.00821. The molecule has 3 rings (SSSR count). The van der Waals surface area contributed by atoms with Gasteiger partial charge in [0.25, 0.3) is 5.91 Å². The van der Waals surface area contributed by atoms with Gasteiger partial charge in [-0.05, 0) is 53.9 Å². The molecule has 0 fully saturated rings. The first-order valence-electron chi connectivity index (χ1n) is 7.60.